The maximum absolute atomic E-state index is 5.95. The van der Waals surface area contributed by atoms with Crippen LogP contribution in [0.15, 0.2) is 18.6 Å². The van der Waals surface area contributed by atoms with Crippen molar-refractivity contribution in [3.63, 3.8) is 0 Å². The lowest BCUT2D eigenvalue weighted by molar-refractivity contribution is 0.665. The minimum Gasteiger partial charge on any atom is -0.369 e. The summed E-state index contributed by atoms with van der Waals surface area (Å²) in [7, 11) is 1.92. The Hall–Kier alpha value is -2.44. The average molecular weight is 257 g/mol. The molecule has 0 radical (unpaired) electrons. The summed E-state index contributed by atoms with van der Waals surface area (Å²) in [4.78, 5) is 8.73. The number of rotatable bonds is 3. The molecule has 0 fully saturated rings. The number of nitrogen functional groups attached to an aromatic ring is 1. The van der Waals surface area contributed by atoms with Crippen molar-refractivity contribution in [1.29, 1.82) is 0 Å². The van der Waals surface area contributed by atoms with Gasteiger partial charge in [0.2, 0.25) is 5.95 Å². The highest BCUT2D eigenvalue weighted by atomic mass is 15.3. The van der Waals surface area contributed by atoms with Crippen LogP contribution in [-0.2, 0) is 20.0 Å². The van der Waals surface area contributed by atoms with Crippen LogP contribution in [0.5, 0.6) is 0 Å². The van der Waals surface area contributed by atoms with Crippen LogP contribution in [0.3, 0.4) is 0 Å². The molecule has 3 rings (SSSR count). The van der Waals surface area contributed by atoms with Gasteiger partial charge in [0, 0.05) is 26.2 Å². The van der Waals surface area contributed by atoms with Gasteiger partial charge >= 0.3 is 0 Å². The van der Waals surface area contributed by atoms with Crippen molar-refractivity contribution in [3.05, 3.63) is 30.0 Å². The van der Waals surface area contributed by atoms with Gasteiger partial charge in [-0.2, -0.15) is 0 Å². The smallest absolute Gasteiger partial charge is 0.202 e. The van der Waals surface area contributed by atoms with Crippen LogP contribution in [0.25, 0.3) is 11.2 Å². The minimum atomic E-state index is 0.482. The monoisotopic (exact) mass is 257 g/mol. The van der Waals surface area contributed by atoms with Crippen molar-refractivity contribution >= 4 is 17.1 Å². The number of aryl methyl sites for hydroxylation is 4. The molecule has 0 saturated carbocycles. The first-order chi connectivity index (χ1) is 9.15. The van der Waals surface area contributed by atoms with Crippen molar-refractivity contribution in [3.8, 4) is 0 Å². The Kier molecular flexibility index (Phi) is 2.66. The number of pyridine rings is 1. The van der Waals surface area contributed by atoms with E-state index in [9.17, 15) is 0 Å². The van der Waals surface area contributed by atoms with E-state index in [1.807, 2.05) is 35.4 Å². The Morgan fingerprint density at radius 2 is 2.21 bits per heavy atom. The standard InChI is InChI=1S/C12H15N7/c1-8-5-9-11(14-6-8)19(12(13)16-9)4-3-10-17-15-7-18(10)2/h5-7H,3-4H2,1-2H3,(H2,13,16). The zero-order chi connectivity index (χ0) is 13.4. The topological polar surface area (TPSA) is 87.4 Å². The van der Waals surface area contributed by atoms with Crippen LogP contribution in [0, 0.1) is 6.92 Å². The summed E-state index contributed by atoms with van der Waals surface area (Å²) in [5.74, 6) is 1.39. The molecule has 0 bridgehead atoms. The molecule has 3 aromatic rings. The normalized spacial score (nSPS) is 11.3. The second-order valence-corrected chi connectivity index (χ2v) is 4.59. The third-order valence-corrected chi connectivity index (χ3v) is 3.12. The highest BCUT2D eigenvalue weighted by molar-refractivity contribution is 5.74. The molecule has 0 amide bonds. The van der Waals surface area contributed by atoms with Crippen molar-refractivity contribution in [2.24, 2.45) is 7.05 Å². The third kappa shape index (κ3) is 2.03. The summed E-state index contributed by atoms with van der Waals surface area (Å²) in [6, 6.07) is 1.98. The van der Waals surface area contributed by atoms with E-state index < -0.39 is 0 Å². The fourth-order valence-corrected chi connectivity index (χ4v) is 2.09. The third-order valence-electron chi connectivity index (χ3n) is 3.12. The quantitative estimate of drug-likeness (QED) is 0.746. The van der Waals surface area contributed by atoms with E-state index in [0.29, 0.717) is 12.5 Å². The van der Waals surface area contributed by atoms with Crippen LogP contribution in [-0.4, -0.2) is 29.3 Å². The lowest BCUT2D eigenvalue weighted by atomic mass is 10.3. The molecule has 7 nitrogen and oxygen atoms in total. The van der Waals surface area contributed by atoms with Crippen molar-refractivity contribution < 1.29 is 0 Å². The highest BCUT2D eigenvalue weighted by Gasteiger charge is 2.10. The summed E-state index contributed by atoms with van der Waals surface area (Å²) in [6.45, 7) is 2.67. The molecule has 0 saturated heterocycles. The molecule has 0 unspecified atom stereocenters. The Bertz CT molecular complexity index is 725. The van der Waals surface area contributed by atoms with Gasteiger partial charge in [-0.1, -0.05) is 0 Å². The van der Waals surface area contributed by atoms with Crippen molar-refractivity contribution in [2.75, 3.05) is 5.73 Å². The number of aromatic nitrogens is 6. The summed E-state index contributed by atoms with van der Waals surface area (Å²) in [6.07, 6.45) is 4.25. The molecule has 19 heavy (non-hydrogen) atoms. The number of hydrogen-bond donors (Lipinski definition) is 1. The highest BCUT2D eigenvalue weighted by Crippen LogP contribution is 2.17. The van der Waals surface area contributed by atoms with Crippen LogP contribution in [0.1, 0.15) is 11.4 Å². The molecule has 0 spiro atoms. The minimum absolute atomic E-state index is 0.482. The predicted molar refractivity (Wildman–Crippen MR) is 71.4 cm³/mol. The van der Waals surface area contributed by atoms with Crippen LogP contribution in [0.2, 0.25) is 0 Å². The second kappa shape index (κ2) is 4.34. The molecule has 3 aromatic heterocycles. The Morgan fingerprint density at radius 1 is 1.37 bits per heavy atom. The Morgan fingerprint density at radius 3 is 2.95 bits per heavy atom. The molecule has 7 heteroatoms. The van der Waals surface area contributed by atoms with Crippen LogP contribution < -0.4 is 5.73 Å². The van der Waals surface area contributed by atoms with Crippen molar-refractivity contribution in [1.82, 2.24) is 29.3 Å². The van der Waals surface area contributed by atoms with Gasteiger partial charge in [0.1, 0.15) is 17.7 Å². The number of fused-ring (bicyclic) bond motifs is 1. The zero-order valence-electron chi connectivity index (χ0n) is 10.9. The number of imidazole rings is 1. The van der Waals surface area contributed by atoms with E-state index in [0.717, 1.165) is 29.0 Å². The molecule has 0 atom stereocenters. The number of nitrogens with two attached hydrogens (primary N) is 1. The Balaban J connectivity index is 1.92. The summed E-state index contributed by atoms with van der Waals surface area (Å²) >= 11 is 0. The van der Waals surface area contributed by atoms with Crippen LogP contribution in [0.4, 0.5) is 5.95 Å². The lowest BCUT2D eigenvalue weighted by Crippen LogP contribution is -2.09. The first-order valence-electron chi connectivity index (χ1n) is 6.06. The number of anilines is 1. The van der Waals surface area contributed by atoms with E-state index in [1.54, 1.807) is 6.33 Å². The van der Waals surface area contributed by atoms with Crippen LogP contribution >= 0.6 is 0 Å². The van der Waals surface area contributed by atoms with E-state index in [4.69, 9.17) is 5.73 Å². The lowest BCUT2D eigenvalue weighted by Gasteiger charge is -2.05. The maximum Gasteiger partial charge on any atom is 0.202 e. The molecule has 0 aliphatic carbocycles. The first kappa shape index (κ1) is 11.6. The van der Waals surface area contributed by atoms with Crippen molar-refractivity contribution in [2.45, 2.75) is 19.9 Å². The predicted octanol–water partition coefficient (Wildman–Crippen LogP) is 0.693. The molecule has 3 heterocycles. The van der Waals surface area contributed by atoms with Gasteiger partial charge in [0.05, 0.1) is 0 Å². The first-order valence-corrected chi connectivity index (χ1v) is 6.06. The molecule has 98 valence electrons. The maximum atomic E-state index is 5.95. The number of hydrogen-bond acceptors (Lipinski definition) is 5. The number of nitrogens with zero attached hydrogens (tertiary/aromatic N) is 6. The van der Waals surface area contributed by atoms with Gasteiger partial charge in [-0.3, -0.25) is 4.57 Å². The van der Waals surface area contributed by atoms with E-state index in [2.05, 4.69) is 20.2 Å². The van der Waals surface area contributed by atoms with E-state index in [-0.39, 0.29) is 0 Å². The molecule has 2 N–H and O–H groups in total. The van der Waals surface area contributed by atoms with E-state index in [1.165, 1.54) is 0 Å². The molecule has 0 aliphatic heterocycles. The van der Waals surface area contributed by atoms with Gasteiger partial charge < -0.3 is 10.3 Å². The largest absolute Gasteiger partial charge is 0.369 e. The summed E-state index contributed by atoms with van der Waals surface area (Å²) in [5, 5.41) is 7.92. The van der Waals surface area contributed by atoms with Gasteiger partial charge in [-0.25, -0.2) is 9.97 Å². The molecule has 0 aliphatic rings. The molecular formula is C12H15N7. The SMILES string of the molecule is Cc1cnc2c(c1)nc(N)n2CCc1nncn1C. The second-order valence-electron chi connectivity index (χ2n) is 4.59. The Labute approximate surface area is 110 Å². The van der Waals surface area contributed by atoms with Gasteiger partial charge in [-0.15, -0.1) is 10.2 Å². The summed E-state index contributed by atoms with van der Waals surface area (Å²) < 4.78 is 3.80. The average Bonchev–Trinajstić information content (AvgIpc) is 2.90. The van der Waals surface area contributed by atoms with Gasteiger partial charge in [0.15, 0.2) is 5.65 Å². The fraction of sp³-hybridized carbons (Fsp3) is 0.333. The zero-order valence-corrected chi connectivity index (χ0v) is 10.9. The van der Waals surface area contributed by atoms with Gasteiger partial charge in [0.25, 0.3) is 0 Å². The molecular weight excluding hydrogens is 242 g/mol. The fourth-order valence-electron chi connectivity index (χ4n) is 2.09. The van der Waals surface area contributed by atoms with E-state index >= 15 is 0 Å². The molecule has 0 aromatic carbocycles. The van der Waals surface area contributed by atoms with Gasteiger partial charge in [-0.05, 0) is 18.6 Å². The summed E-state index contributed by atoms with van der Waals surface area (Å²) in [5.41, 5.74) is 8.66.